The van der Waals surface area contributed by atoms with Gasteiger partial charge in [-0.3, -0.25) is 4.98 Å². The molecule has 0 aliphatic carbocycles. The molecule has 0 spiro atoms. The normalized spacial score (nSPS) is 18.9. The van der Waals surface area contributed by atoms with Crippen LogP contribution in [-0.4, -0.2) is 36.4 Å². The van der Waals surface area contributed by atoms with Gasteiger partial charge in [-0.05, 0) is 19.1 Å². The largest absolute Gasteiger partial charge is 0.387 e. The molecule has 1 aliphatic heterocycles. The Morgan fingerprint density at radius 2 is 2.13 bits per heavy atom. The van der Waals surface area contributed by atoms with Gasteiger partial charge >= 0.3 is 0 Å². The summed E-state index contributed by atoms with van der Waals surface area (Å²) >= 11 is 0. The predicted octanol–water partition coefficient (Wildman–Crippen LogP) is 0.972. The molecule has 1 atom stereocenters. The number of anilines is 1. The number of aromatic nitrogens is 1. The van der Waals surface area contributed by atoms with Crippen LogP contribution in [0.4, 0.5) is 5.69 Å². The molecule has 0 aromatic carbocycles. The van der Waals surface area contributed by atoms with Crippen LogP contribution >= 0.6 is 0 Å². The fourth-order valence-electron chi connectivity index (χ4n) is 1.65. The SMILES string of the molecule is C[C@@H](O)c1ccc(N2CCOCC2)cn1. The molecule has 1 aromatic rings. The molecular formula is C11H16N2O2. The van der Waals surface area contributed by atoms with Gasteiger partial charge in [-0.15, -0.1) is 0 Å². The number of pyridine rings is 1. The third-order valence-electron chi connectivity index (χ3n) is 2.58. The van der Waals surface area contributed by atoms with E-state index in [-0.39, 0.29) is 0 Å². The van der Waals surface area contributed by atoms with Crippen molar-refractivity contribution in [2.24, 2.45) is 0 Å². The Labute approximate surface area is 89.5 Å². The van der Waals surface area contributed by atoms with E-state index in [2.05, 4.69) is 9.88 Å². The molecule has 0 bridgehead atoms. The lowest BCUT2D eigenvalue weighted by molar-refractivity contribution is 0.122. The summed E-state index contributed by atoms with van der Waals surface area (Å²) in [5, 5.41) is 9.33. The number of aliphatic hydroxyl groups excluding tert-OH is 1. The summed E-state index contributed by atoms with van der Waals surface area (Å²) in [6, 6.07) is 3.87. The Kier molecular flexibility index (Phi) is 3.18. The number of morpholine rings is 1. The van der Waals surface area contributed by atoms with Crippen LogP contribution in [0, 0.1) is 0 Å². The fourth-order valence-corrected chi connectivity index (χ4v) is 1.65. The summed E-state index contributed by atoms with van der Waals surface area (Å²) in [4.78, 5) is 6.46. The summed E-state index contributed by atoms with van der Waals surface area (Å²) in [5.41, 5.74) is 1.81. The highest BCUT2D eigenvalue weighted by atomic mass is 16.5. The zero-order valence-electron chi connectivity index (χ0n) is 8.89. The van der Waals surface area contributed by atoms with E-state index in [1.54, 1.807) is 6.92 Å². The fraction of sp³-hybridized carbons (Fsp3) is 0.545. The van der Waals surface area contributed by atoms with Gasteiger partial charge in [-0.2, -0.15) is 0 Å². The molecule has 15 heavy (non-hydrogen) atoms. The van der Waals surface area contributed by atoms with Crippen LogP contribution in [0.1, 0.15) is 18.7 Å². The second-order valence-corrected chi connectivity index (χ2v) is 3.72. The summed E-state index contributed by atoms with van der Waals surface area (Å²) in [6.45, 7) is 5.10. The van der Waals surface area contributed by atoms with Crippen molar-refractivity contribution < 1.29 is 9.84 Å². The van der Waals surface area contributed by atoms with Crippen LogP contribution in [0.5, 0.6) is 0 Å². The second-order valence-electron chi connectivity index (χ2n) is 3.72. The Bertz CT molecular complexity index is 305. The number of aliphatic hydroxyl groups is 1. The van der Waals surface area contributed by atoms with E-state index in [4.69, 9.17) is 4.74 Å². The standard InChI is InChI=1S/C11H16N2O2/c1-9(14)11-3-2-10(8-12-11)13-4-6-15-7-5-13/h2-3,8-9,14H,4-7H2,1H3/t9-/m1/s1. The molecule has 0 unspecified atom stereocenters. The first-order chi connectivity index (χ1) is 7.27. The summed E-state index contributed by atoms with van der Waals surface area (Å²) in [6.07, 6.45) is 1.32. The lowest BCUT2D eigenvalue weighted by Gasteiger charge is -2.28. The molecule has 1 fully saturated rings. The van der Waals surface area contributed by atoms with Crippen molar-refractivity contribution in [3.8, 4) is 0 Å². The van der Waals surface area contributed by atoms with Crippen LogP contribution in [0.15, 0.2) is 18.3 Å². The number of ether oxygens (including phenoxy) is 1. The molecule has 0 amide bonds. The van der Waals surface area contributed by atoms with Crippen LogP contribution in [-0.2, 0) is 4.74 Å². The van der Waals surface area contributed by atoms with Crippen molar-refractivity contribution in [2.75, 3.05) is 31.2 Å². The monoisotopic (exact) mass is 208 g/mol. The maximum Gasteiger partial charge on any atom is 0.0931 e. The quantitative estimate of drug-likeness (QED) is 0.786. The summed E-state index contributed by atoms with van der Waals surface area (Å²) in [7, 11) is 0. The van der Waals surface area contributed by atoms with Gasteiger partial charge in [0.1, 0.15) is 0 Å². The zero-order valence-corrected chi connectivity index (χ0v) is 8.89. The van der Waals surface area contributed by atoms with E-state index in [0.717, 1.165) is 32.0 Å². The lowest BCUT2D eigenvalue weighted by Crippen LogP contribution is -2.36. The van der Waals surface area contributed by atoms with Crippen molar-refractivity contribution in [3.05, 3.63) is 24.0 Å². The minimum Gasteiger partial charge on any atom is -0.387 e. The molecule has 1 aliphatic rings. The first kappa shape index (κ1) is 10.4. The van der Waals surface area contributed by atoms with Gasteiger partial charge in [0, 0.05) is 13.1 Å². The molecule has 2 heterocycles. The van der Waals surface area contributed by atoms with Gasteiger partial charge in [0.2, 0.25) is 0 Å². The number of nitrogens with zero attached hydrogens (tertiary/aromatic N) is 2. The molecule has 1 saturated heterocycles. The zero-order chi connectivity index (χ0) is 10.7. The minimum atomic E-state index is -0.497. The third kappa shape index (κ3) is 2.46. The first-order valence-electron chi connectivity index (χ1n) is 5.24. The van der Waals surface area contributed by atoms with Gasteiger partial charge in [0.15, 0.2) is 0 Å². The third-order valence-corrected chi connectivity index (χ3v) is 2.58. The highest BCUT2D eigenvalue weighted by Crippen LogP contribution is 2.17. The topological polar surface area (TPSA) is 45.6 Å². The van der Waals surface area contributed by atoms with Gasteiger partial charge in [-0.1, -0.05) is 0 Å². The smallest absolute Gasteiger partial charge is 0.0931 e. The van der Waals surface area contributed by atoms with Gasteiger partial charge in [0.25, 0.3) is 0 Å². The number of hydrogen-bond acceptors (Lipinski definition) is 4. The van der Waals surface area contributed by atoms with Crippen molar-refractivity contribution in [1.29, 1.82) is 0 Å². The molecule has 4 heteroatoms. The van der Waals surface area contributed by atoms with E-state index in [1.807, 2.05) is 18.3 Å². The van der Waals surface area contributed by atoms with Gasteiger partial charge in [0.05, 0.1) is 36.9 Å². The summed E-state index contributed by atoms with van der Waals surface area (Å²) in [5.74, 6) is 0. The molecule has 4 nitrogen and oxygen atoms in total. The molecule has 1 N–H and O–H groups in total. The highest BCUT2D eigenvalue weighted by Gasteiger charge is 2.11. The average molecular weight is 208 g/mol. The van der Waals surface area contributed by atoms with Crippen molar-refractivity contribution >= 4 is 5.69 Å². The number of rotatable bonds is 2. The van der Waals surface area contributed by atoms with Gasteiger partial charge in [-0.25, -0.2) is 0 Å². The Morgan fingerprint density at radius 3 is 2.67 bits per heavy atom. The first-order valence-corrected chi connectivity index (χ1v) is 5.24. The maximum absolute atomic E-state index is 9.33. The van der Waals surface area contributed by atoms with E-state index < -0.39 is 6.10 Å². The van der Waals surface area contributed by atoms with Crippen molar-refractivity contribution in [3.63, 3.8) is 0 Å². The Hall–Kier alpha value is -1.13. The minimum absolute atomic E-state index is 0.497. The van der Waals surface area contributed by atoms with Gasteiger partial charge < -0.3 is 14.7 Å². The maximum atomic E-state index is 9.33. The highest BCUT2D eigenvalue weighted by molar-refractivity contribution is 5.44. The van der Waals surface area contributed by atoms with Crippen LogP contribution < -0.4 is 4.90 Å². The molecular weight excluding hydrogens is 192 g/mol. The van der Waals surface area contributed by atoms with E-state index in [9.17, 15) is 5.11 Å². The van der Waals surface area contributed by atoms with Crippen LogP contribution in [0.2, 0.25) is 0 Å². The molecule has 2 rings (SSSR count). The number of hydrogen-bond donors (Lipinski definition) is 1. The molecule has 0 saturated carbocycles. The van der Waals surface area contributed by atoms with Crippen molar-refractivity contribution in [2.45, 2.75) is 13.0 Å². The van der Waals surface area contributed by atoms with Crippen LogP contribution in [0.25, 0.3) is 0 Å². The van der Waals surface area contributed by atoms with E-state index in [1.165, 1.54) is 0 Å². The summed E-state index contributed by atoms with van der Waals surface area (Å²) < 4.78 is 5.28. The predicted molar refractivity (Wildman–Crippen MR) is 57.9 cm³/mol. The van der Waals surface area contributed by atoms with E-state index >= 15 is 0 Å². The Balaban J connectivity index is 2.08. The van der Waals surface area contributed by atoms with E-state index in [0.29, 0.717) is 5.69 Å². The molecule has 1 aromatic heterocycles. The average Bonchev–Trinajstić information content (AvgIpc) is 2.30. The second kappa shape index (κ2) is 4.59. The Morgan fingerprint density at radius 1 is 1.40 bits per heavy atom. The molecule has 82 valence electrons. The molecule has 0 radical (unpaired) electrons. The lowest BCUT2D eigenvalue weighted by atomic mass is 10.2. The van der Waals surface area contributed by atoms with Crippen molar-refractivity contribution in [1.82, 2.24) is 4.98 Å². The van der Waals surface area contributed by atoms with Crippen LogP contribution in [0.3, 0.4) is 0 Å².